The van der Waals surface area contributed by atoms with E-state index >= 15 is 0 Å². The van der Waals surface area contributed by atoms with Crippen molar-refractivity contribution in [3.8, 4) is 0 Å². The second-order valence-electron chi connectivity index (χ2n) is 6.94. The molecule has 2 aliphatic rings. The highest BCUT2D eigenvalue weighted by Crippen LogP contribution is 2.36. The first kappa shape index (κ1) is 21.6. The SMILES string of the molecule is O=C1OCCN1C(=O)[C@@H]1NC(=S)N(S(=O)(=O)c2ccccc2)[C@H]1c1ccc([N+](=O)[O-])cc1. The van der Waals surface area contributed by atoms with Gasteiger partial charge >= 0.3 is 6.09 Å². The topological polar surface area (TPSA) is 139 Å². The molecule has 2 fully saturated rings. The van der Waals surface area contributed by atoms with Gasteiger partial charge in [0.15, 0.2) is 5.11 Å². The predicted octanol–water partition coefficient (Wildman–Crippen LogP) is 1.56. The lowest BCUT2D eigenvalue weighted by atomic mass is 9.99. The van der Waals surface area contributed by atoms with Crippen molar-refractivity contribution in [2.24, 2.45) is 0 Å². The van der Waals surface area contributed by atoms with Crippen molar-refractivity contribution in [1.82, 2.24) is 14.5 Å². The number of cyclic esters (lactones) is 1. The van der Waals surface area contributed by atoms with Crippen LogP contribution in [-0.2, 0) is 19.6 Å². The van der Waals surface area contributed by atoms with Gasteiger partial charge in [-0.05, 0) is 42.0 Å². The zero-order chi connectivity index (χ0) is 23.0. The fourth-order valence-electron chi connectivity index (χ4n) is 3.58. The number of ether oxygens (including phenoxy) is 1. The number of hydrogen-bond acceptors (Lipinski definition) is 8. The van der Waals surface area contributed by atoms with Crippen molar-refractivity contribution >= 4 is 45.0 Å². The molecule has 0 saturated carbocycles. The summed E-state index contributed by atoms with van der Waals surface area (Å²) in [5.41, 5.74) is 0.0825. The Balaban J connectivity index is 1.81. The van der Waals surface area contributed by atoms with Crippen LogP contribution in [0.1, 0.15) is 11.6 Å². The molecule has 4 rings (SSSR count). The molecule has 0 aliphatic carbocycles. The van der Waals surface area contributed by atoms with Crippen LogP contribution in [0.15, 0.2) is 59.5 Å². The molecule has 2 aromatic rings. The first-order valence-corrected chi connectivity index (χ1v) is 11.2. The van der Waals surface area contributed by atoms with Gasteiger partial charge in [0.25, 0.3) is 21.6 Å². The molecule has 166 valence electrons. The second kappa shape index (κ2) is 8.16. The van der Waals surface area contributed by atoms with E-state index in [0.29, 0.717) is 0 Å². The number of thiocarbonyl (C=S) groups is 1. The van der Waals surface area contributed by atoms with Crippen LogP contribution in [0.2, 0.25) is 0 Å². The Kier molecular flexibility index (Phi) is 5.52. The van der Waals surface area contributed by atoms with Crippen molar-refractivity contribution in [2.45, 2.75) is 17.0 Å². The normalized spacial score (nSPS) is 20.8. The Morgan fingerprint density at radius 1 is 1.16 bits per heavy atom. The quantitative estimate of drug-likeness (QED) is 0.387. The molecule has 0 spiro atoms. The highest BCUT2D eigenvalue weighted by molar-refractivity contribution is 7.91. The van der Waals surface area contributed by atoms with Crippen LogP contribution >= 0.6 is 12.2 Å². The lowest BCUT2D eigenvalue weighted by Gasteiger charge is -2.27. The molecule has 1 N–H and O–H groups in total. The molecule has 0 bridgehead atoms. The van der Waals surface area contributed by atoms with Gasteiger partial charge in [-0.2, -0.15) is 0 Å². The summed E-state index contributed by atoms with van der Waals surface area (Å²) in [6.07, 6.45) is -0.838. The Hall–Kier alpha value is -3.58. The van der Waals surface area contributed by atoms with Crippen LogP contribution in [-0.4, -0.2) is 58.9 Å². The molecule has 2 aromatic carbocycles. The zero-order valence-electron chi connectivity index (χ0n) is 16.3. The standard InChI is InChI=1S/C19H16N4O7S2/c24-17(21-10-11-30-19(21)25)15-16(12-6-8-13(9-7-12)23(26)27)22(18(31)20-15)32(28,29)14-4-2-1-3-5-14/h1-9,15-16H,10-11H2,(H,20,31)/t15-,16+/m1/s1. The van der Waals surface area contributed by atoms with Gasteiger partial charge in [0.2, 0.25) is 0 Å². The number of imide groups is 1. The van der Waals surface area contributed by atoms with Crippen LogP contribution in [0.4, 0.5) is 10.5 Å². The van der Waals surface area contributed by atoms with Crippen molar-refractivity contribution in [3.05, 3.63) is 70.3 Å². The van der Waals surface area contributed by atoms with Gasteiger partial charge in [-0.3, -0.25) is 14.9 Å². The van der Waals surface area contributed by atoms with E-state index in [2.05, 4.69) is 5.32 Å². The highest BCUT2D eigenvalue weighted by atomic mass is 32.2. The van der Waals surface area contributed by atoms with E-state index < -0.39 is 39.0 Å². The van der Waals surface area contributed by atoms with Crippen LogP contribution < -0.4 is 5.32 Å². The van der Waals surface area contributed by atoms with Gasteiger partial charge in [-0.25, -0.2) is 22.4 Å². The number of carbonyl (C=O) groups excluding carboxylic acids is 2. The van der Waals surface area contributed by atoms with E-state index in [1.54, 1.807) is 18.2 Å². The van der Waals surface area contributed by atoms with E-state index in [1.807, 2.05) is 0 Å². The number of hydrogen-bond donors (Lipinski definition) is 1. The molecular formula is C19H16N4O7S2. The molecule has 32 heavy (non-hydrogen) atoms. The van der Waals surface area contributed by atoms with Gasteiger partial charge in [0.05, 0.1) is 16.4 Å². The van der Waals surface area contributed by atoms with E-state index in [4.69, 9.17) is 17.0 Å². The van der Waals surface area contributed by atoms with Crippen molar-refractivity contribution in [3.63, 3.8) is 0 Å². The van der Waals surface area contributed by atoms with Gasteiger partial charge in [0, 0.05) is 12.1 Å². The van der Waals surface area contributed by atoms with E-state index in [0.717, 1.165) is 9.21 Å². The molecular weight excluding hydrogens is 460 g/mol. The molecule has 0 aromatic heterocycles. The minimum absolute atomic E-state index is 0.0149. The zero-order valence-corrected chi connectivity index (χ0v) is 17.9. The largest absolute Gasteiger partial charge is 0.447 e. The smallest absolute Gasteiger partial charge is 0.416 e. The molecule has 2 amide bonds. The Morgan fingerprint density at radius 2 is 1.81 bits per heavy atom. The number of amides is 2. The average molecular weight is 476 g/mol. The maximum atomic E-state index is 13.4. The Morgan fingerprint density at radius 3 is 2.38 bits per heavy atom. The minimum atomic E-state index is -4.21. The number of rotatable bonds is 5. The minimum Gasteiger partial charge on any atom is -0.447 e. The van der Waals surface area contributed by atoms with Gasteiger partial charge in [-0.1, -0.05) is 18.2 Å². The van der Waals surface area contributed by atoms with Crippen molar-refractivity contribution < 1.29 is 27.7 Å². The van der Waals surface area contributed by atoms with Crippen LogP contribution in [0, 0.1) is 10.1 Å². The number of nitrogens with one attached hydrogen (secondary N) is 1. The third kappa shape index (κ3) is 3.65. The molecule has 2 heterocycles. The number of nitrogens with zero attached hydrogens (tertiary/aromatic N) is 3. The molecule has 0 unspecified atom stereocenters. The second-order valence-corrected chi connectivity index (χ2v) is 9.14. The maximum absolute atomic E-state index is 13.4. The molecule has 11 nitrogen and oxygen atoms in total. The summed E-state index contributed by atoms with van der Waals surface area (Å²) in [7, 11) is -4.21. The molecule has 2 atom stereocenters. The van der Waals surface area contributed by atoms with Crippen molar-refractivity contribution in [2.75, 3.05) is 13.2 Å². The number of nitro groups is 1. The summed E-state index contributed by atoms with van der Waals surface area (Å²) < 4.78 is 32.6. The van der Waals surface area contributed by atoms with Crippen LogP contribution in [0.3, 0.4) is 0 Å². The molecule has 2 saturated heterocycles. The van der Waals surface area contributed by atoms with E-state index in [-0.39, 0.29) is 34.4 Å². The summed E-state index contributed by atoms with van der Waals surface area (Å²) >= 11 is 5.27. The summed E-state index contributed by atoms with van der Waals surface area (Å²) in [5.74, 6) is -0.719. The predicted molar refractivity (Wildman–Crippen MR) is 114 cm³/mol. The fourth-order valence-corrected chi connectivity index (χ4v) is 5.66. The monoisotopic (exact) mass is 476 g/mol. The Bertz CT molecular complexity index is 1200. The summed E-state index contributed by atoms with van der Waals surface area (Å²) in [4.78, 5) is 36.3. The molecule has 13 heteroatoms. The van der Waals surface area contributed by atoms with Crippen molar-refractivity contribution in [1.29, 1.82) is 0 Å². The summed E-state index contributed by atoms with van der Waals surface area (Å²) in [5, 5.41) is 13.5. The first-order chi connectivity index (χ1) is 15.2. The van der Waals surface area contributed by atoms with Gasteiger partial charge in [0.1, 0.15) is 18.7 Å². The number of non-ortho nitro benzene ring substituents is 1. The van der Waals surface area contributed by atoms with Crippen LogP contribution in [0.5, 0.6) is 0 Å². The van der Waals surface area contributed by atoms with Crippen LogP contribution in [0.25, 0.3) is 0 Å². The molecule has 2 aliphatic heterocycles. The van der Waals surface area contributed by atoms with E-state index in [1.165, 1.54) is 36.4 Å². The lowest BCUT2D eigenvalue weighted by molar-refractivity contribution is -0.384. The number of benzene rings is 2. The highest BCUT2D eigenvalue weighted by Gasteiger charge is 2.50. The summed E-state index contributed by atoms with van der Waals surface area (Å²) in [6, 6.07) is 10.2. The number of carbonyl (C=O) groups is 2. The third-order valence-electron chi connectivity index (χ3n) is 5.09. The van der Waals surface area contributed by atoms with Gasteiger partial charge in [-0.15, -0.1) is 0 Å². The number of nitro benzene ring substituents is 1. The maximum Gasteiger partial charge on any atom is 0.416 e. The fraction of sp³-hybridized carbons (Fsp3) is 0.211. The molecule has 0 radical (unpaired) electrons. The summed E-state index contributed by atoms with van der Waals surface area (Å²) in [6.45, 7) is 0.0387. The van der Waals surface area contributed by atoms with E-state index in [9.17, 15) is 28.1 Å². The van der Waals surface area contributed by atoms with Gasteiger partial charge < -0.3 is 10.1 Å². The third-order valence-corrected chi connectivity index (χ3v) is 7.31. The first-order valence-electron chi connectivity index (χ1n) is 9.34. The average Bonchev–Trinajstić information content (AvgIpc) is 3.37. The number of sulfonamides is 1. The Labute approximate surface area is 187 Å². The lowest BCUT2D eigenvalue weighted by Crippen LogP contribution is -2.47.